The summed E-state index contributed by atoms with van der Waals surface area (Å²) in [5, 5.41) is 5.45. The van der Waals surface area contributed by atoms with Crippen molar-refractivity contribution < 1.29 is 13.2 Å². The molecule has 0 radical (unpaired) electrons. The monoisotopic (exact) mass is 330 g/mol. The number of nitrogens with one attached hydrogen (secondary N) is 1. The van der Waals surface area contributed by atoms with Crippen molar-refractivity contribution in [3.8, 4) is 0 Å². The Kier molecular flexibility index (Phi) is 5.37. The van der Waals surface area contributed by atoms with Crippen LogP contribution in [0.2, 0.25) is 0 Å². The Hall–Kier alpha value is -0.950. The molecule has 1 heterocycles. The SMILES string of the molecule is Cc1nc([C@H](C)NC(=O)CCS(=O)(=O)C2CCCC2)cs1. The highest BCUT2D eigenvalue weighted by atomic mass is 32.2. The first-order valence-corrected chi connectivity index (χ1v) is 9.91. The van der Waals surface area contributed by atoms with E-state index in [0.29, 0.717) is 0 Å². The van der Waals surface area contributed by atoms with E-state index in [4.69, 9.17) is 0 Å². The average molecular weight is 330 g/mol. The predicted octanol–water partition coefficient (Wildman–Crippen LogP) is 2.38. The lowest BCUT2D eigenvalue weighted by atomic mass is 10.2. The van der Waals surface area contributed by atoms with E-state index in [1.807, 2.05) is 19.2 Å². The number of aromatic nitrogens is 1. The van der Waals surface area contributed by atoms with E-state index < -0.39 is 9.84 Å². The molecule has 0 spiro atoms. The molecule has 1 aromatic heterocycles. The topological polar surface area (TPSA) is 76.1 Å². The molecule has 2 rings (SSSR count). The summed E-state index contributed by atoms with van der Waals surface area (Å²) in [5.74, 6) is -0.276. The second-order valence-electron chi connectivity index (χ2n) is 5.60. The van der Waals surface area contributed by atoms with Crippen molar-refractivity contribution in [2.45, 2.75) is 57.2 Å². The van der Waals surface area contributed by atoms with Gasteiger partial charge >= 0.3 is 0 Å². The molecule has 0 aliphatic heterocycles. The Morgan fingerprint density at radius 3 is 2.71 bits per heavy atom. The lowest BCUT2D eigenvalue weighted by molar-refractivity contribution is -0.121. The Labute approximate surface area is 130 Å². The van der Waals surface area contributed by atoms with E-state index >= 15 is 0 Å². The zero-order valence-electron chi connectivity index (χ0n) is 12.5. The zero-order chi connectivity index (χ0) is 15.5. The van der Waals surface area contributed by atoms with Crippen LogP contribution in [0.25, 0.3) is 0 Å². The van der Waals surface area contributed by atoms with E-state index in [-0.39, 0.29) is 29.4 Å². The van der Waals surface area contributed by atoms with Crippen LogP contribution in [0.4, 0.5) is 0 Å². The standard InChI is InChI=1S/C14H22N2O3S2/c1-10(13-9-20-11(2)16-13)15-14(17)7-8-21(18,19)12-5-3-4-6-12/h9-10,12H,3-8H2,1-2H3,(H,15,17)/t10-/m0/s1. The smallest absolute Gasteiger partial charge is 0.221 e. The van der Waals surface area contributed by atoms with Gasteiger partial charge in [0, 0.05) is 11.8 Å². The van der Waals surface area contributed by atoms with Gasteiger partial charge in [-0.25, -0.2) is 13.4 Å². The molecule has 1 aliphatic rings. The van der Waals surface area contributed by atoms with Gasteiger partial charge < -0.3 is 5.32 Å². The summed E-state index contributed by atoms with van der Waals surface area (Å²) in [6, 6.07) is -0.184. The number of sulfone groups is 1. The highest BCUT2D eigenvalue weighted by Crippen LogP contribution is 2.25. The van der Waals surface area contributed by atoms with Crippen LogP contribution in [0.15, 0.2) is 5.38 Å². The van der Waals surface area contributed by atoms with E-state index in [2.05, 4.69) is 10.3 Å². The van der Waals surface area contributed by atoms with Gasteiger partial charge in [0.15, 0.2) is 9.84 Å². The molecule has 0 saturated heterocycles. The van der Waals surface area contributed by atoms with Gasteiger partial charge in [-0.15, -0.1) is 11.3 Å². The first-order valence-electron chi connectivity index (χ1n) is 7.31. The lowest BCUT2D eigenvalue weighted by Crippen LogP contribution is -2.30. The van der Waals surface area contributed by atoms with Crippen LogP contribution < -0.4 is 5.32 Å². The van der Waals surface area contributed by atoms with Crippen molar-refractivity contribution in [1.82, 2.24) is 10.3 Å². The number of thiazole rings is 1. The number of hydrogen-bond donors (Lipinski definition) is 1. The first-order chi connectivity index (χ1) is 9.88. The fourth-order valence-electron chi connectivity index (χ4n) is 2.62. The quantitative estimate of drug-likeness (QED) is 0.869. The molecule has 118 valence electrons. The summed E-state index contributed by atoms with van der Waals surface area (Å²) in [4.78, 5) is 16.2. The number of aryl methyl sites for hydroxylation is 1. The molecule has 1 saturated carbocycles. The number of rotatable bonds is 6. The van der Waals surface area contributed by atoms with E-state index in [9.17, 15) is 13.2 Å². The van der Waals surface area contributed by atoms with Gasteiger partial charge in [0.2, 0.25) is 5.91 Å². The van der Waals surface area contributed by atoms with Crippen molar-refractivity contribution in [3.05, 3.63) is 16.1 Å². The minimum atomic E-state index is -3.13. The van der Waals surface area contributed by atoms with Gasteiger partial charge in [-0.3, -0.25) is 4.79 Å². The van der Waals surface area contributed by atoms with Gasteiger partial charge in [-0.05, 0) is 26.7 Å². The molecular formula is C14H22N2O3S2. The highest BCUT2D eigenvalue weighted by molar-refractivity contribution is 7.92. The van der Waals surface area contributed by atoms with Crippen LogP contribution in [0, 0.1) is 6.92 Å². The van der Waals surface area contributed by atoms with E-state index in [1.165, 1.54) is 11.3 Å². The second kappa shape index (κ2) is 6.87. The molecule has 0 aromatic carbocycles. The van der Waals surface area contributed by atoms with Crippen molar-refractivity contribution in [3.63, 3.8) is 0 Å². The molecule has 5 nitrogen and oxygen atoms in total. The lowest BCUT2D eigenvalue weighted by Gasteiger charge is -2.13. The van der Waals surface area contributed by atoms with E-state index in [0.717, 1.165) is 36.4 Å². The Morgan fingerprint density at radius 1 is 1.48 bits per heavy atom. The summed E-state index contributed by atoms with van der Waals surface area (Å²) in [6.45, 7) is 3.77. The summed E-state index contributed by atoms with van der Waals surface area (Å²) in [6.07, 6.45) is 3.50. The third kappa shape index (κ3) is 4.51. The van der Waals surface area contributed by atoms with Crippen molar-refractivity contribution in [1.29, 1.82) is 0 Å². The maximum absolute atomic E-state index is 12.1. The molecule has 1 atom stereocenters. The maximum Gasteiger partial charge on any atom is 0.221 e. The van der Waals surface area contributed by atoms with Gasteiger partial charge in [0.1, 0.15) is 0 Å². The Bertz CT molecular complexity index is 589. The van der Waals surface area contributed by atoms with Crippen molar-refractivity contribution in [2.24, 2.45) is 0 Å². The molecule has 1 N–H and O–H groups in total. The van der Waals surface area contributed by atoms with Gasteiger partial charge in [0.05, 0.1) is 27.7 Å². The van der Waals surface area contributed by atoms with Crippen molar-refractivity contribution >= 4 is 27.1 Å². The summed E-state index contributed by atoms with van der Waals surface area (Å²) in [5.41, 5.74) is 0.824. The summed E-state index contributed by atoms with van der Waals surface area (Å²) < 4.78 is 24.2. The van der Waals surface area contributed by atoms with Crippen molar-refractivity contribution in [2.75, 3.05) is 5.75 Å². The number of carbonyl (C=O) groups excluding carboxylic acids is 1. The minimum absolute atomic E-state index is 0.0340. The van der Waals surface area contributed by atoms with E-state index in [1.54, 1.807) is 0 Å². The molecule has 7 heteroatoms. The number of carbonyl (C=O) groups is 1. The van der Waals surface area contributed by atoms with Gasteiger partial charge in [0.25, 0.3) is 0 Å². The average Bonchev–Trinajstić information content (AvgIpc) is 3.07. The first kappa shape index (κ1) is 16.4. The zero-order valence-corrected chi connectivity index (χ0v) is 14.1. The molecule has 0 unspecified atom stereocenters. The molecule has 1 aliphatic carbocycles. The van der Waals surface area contributed by atoms with Crippen LogP contribution in [0.3, 0.4) is 0 Å². The van der Waals surface area contributed by atoms with Crippen LogP contribution in [0.1, 0.15) is 55.8 Å². The molecule has 0 bridgehead atoms. The number of hydrogen-bond acceptors (Lipinski definition) is 5. The van der Waals surface area contributed by atoms with Crippen LogP contribution >= 0.6 is 11.3 Å². The predicted molar refractivity (Wildman–Crippen MR) is 84.1 cm³/mol. The third-order valence-electron chi connectivity index (χ3n) is 3.88. The van der Waals surface area contributed by atoms with Gasteiger partial charge in [-0.1, -0.05) is 12.8 Å². The normalized spacial score (nSPS) is 17.8. The third-order valence-corrected chi connectivity index (χ3v) is 6.93. The molecule has 1 aromatic rings. The second-order valence-corrected chi connectivity index (χ2v) is 9.07. The molecule has 1 fully saturated rings. The Morgan fingerprint density at radius 2 is 2.14 bits per heavy atom. The summed E-state index contributed by atoms with van der Waals surface area (Å²) >= 11 is 1.54. The molecule has 21 heavy (non-hydrogen) atoms. The highest BCUT2D eigenvalue weighted by Gasteiger charge is 2.29. The van der Waals surface area contributed by atoms with Crippen LogP contribution in [-0.2, 0) is 14.6 Å². The van der Waals surface area contributed by atoms with Gasteiger partial charge in [-0.2, -0.15) is 0 Å². The summed E-state index contributed by atoms with van der Waals surface area (Å²) in [7, 11) is -3.13. The number of amides is 1. The van der Waals surface area contributed by atoms with Crippen LogP contribution in [0.5, 0.6) is 0 Å². The minimum Gasteiger partial charge on any atom is -0.348 e. The Balaban J connectivity index is 1.82. The van der Waals surface area contributed by atoms with Crippen LogP contribution in [-0.4, -0.2) is 30.3 Å². The largest absolute Gasteiger partial charge is 0.348 e. The fourth-order valence-corrected chi connectivity index (χ4v) is 5.18. The molecular weight excluding hydrogens is 308 g/mol. The number of nitrogens with zero attached hydrogens (tertiary/aromatic N) is 1. The maximum atomic E-state index is 12.1. The fraction of sp³-hybridized carbons (Fsp3) is 0.714. The molecule has 1 amide bonds.